The smallest absolute Gasteiger partial charge is 0.342 e. The number of hydrogen-bond acceptors (Lipinski definition) is 9. The molecular formula is C19H19N5O4. The molecular weight excluding hydrogens is 362 g/mol. The zero-order chi connectivity index (χ0) is 20.3. The van der Waals surface area contributed by atoms with Crippen molar-refractivity contribution < 1.29 is 13.9 Å². The average Bonchev–Trinajstić information content (AvgIpc) is 2.61. The Bertz CT molecular complexity index is 1070. The van der Waals surface area contributed by atoms with E-state index in [1.54, 1.807) is 6.92 Å². The number of anilines is 3. The maximum atomic E-state index is 12.4. The van der Waals surface area contributed by atoms with Crippen molar-refractivity contribution in [3.8, 4) is 0 Å². The van der Waals surface area contributed by atoms with Crippen molar-refractivity contribution in [3.05, 3.63) is 69.0 Å². The minimum atomic E-state index is -0.647. The van der Waals surface area contributed by atoms with Gasteiger partial charge in [-0.15, -0.1) is 0 Å². The van der Waals surface area contributed by atoms with Gasteiger partial charge in [0.05, 0.1) is 0 Å². The fourth-order valence-corrected chi connectivity index (χ4v) is 2.66. The molecule has 9 heteroatoms. The van der Waals surface area contributed by atoms with Gasteiger partial charge in [0.1, 0.15) is 11.3 Å². The molecule has 0 bridgehead atoms. The van der Waals surface area contributed by atoms with Gasteiger partial charge in [0.2, 0.25) is 11.9 Å². The lowest BCUT2D eigenvalue weighted by atomic mass is 10.1. The largest absolute Gasteiger partial charge is 0.454 e. The van der Waals surface area contributed by atoms with Gasteiger partial charge in [-0.25, -0.2) is 9.59 Å². The predicted molar refractivity (Wildman–Crippen MR) is 102 cm³/mol. The summed E-state index contributed by atoms with van der Waals surface area (Å²) in [4.78, 5) is 36.0. The van der Waals surface area contributed by atoms with Gasteiger partial charge in [0.25, 0.3) is 0 Å². The second-order valence-corrected chi connectivity index (χ2v) is 6.13. The van der Waals surface area contributed by atoms with E-state index in [0.29, 0.717) is 5.56 Å². The van der Waals surface area contributed by atoms with Gasteiger partial charge in [-0.2, -0.15) is 15.0 Å². The molecule has 3 N–H and O–H groups in total. The van der Waals surface area contributed by atoms with Crippen molar-refractivity contribution in [1.82, 2.24) is 15.0 Å². The van der Waals surface area contributed by atoms with Crippen LogP contribution in [0.15, 0.2) is 39.5 Å². The molecule has 0 aliphatic rings. The number of hydrogen-bond donors (Lipinski definition) is 2. The average molecular weight is 381 g/mol. The number of esters is 1. The molecule has 0 radical (unpaired) electrons. The Balaban J connectivity index is 1.76. The summed E-state index contributed by atoms with van der Waals surface area (Å²) in [7, 11) is 0. The number of aromatic nitrogens is 3. The van der Waals surface area contributed by atoms with Crippen molar-refractivity contribution >= 4 is 23.6 Å². The molecule has 1 aromatic carbocycles. The minimum Gasteiger partial charge on any atom is -0.454 e. The monoisotopic (exact) mass is 381 g/mol. The van der Waals surface area contributed by atoms with Crippen LogP contribution < -0.4 is 16.7 Å². The summed E-state index contributed by atoms with van der Waals surface area (Å²) in [6.07, 6.45) is 0. The van der Waals surface area contributed by atoms with Crippen LogP contribution in [0.1, 0.15) is 33.1 Å². The van der Waals surface area contributed by atoms with Crippen LogP contribution in [0.2, 0.25) is 0 Å². The Labute approximate surface area is 160 Å². The van der Waals surface area contributed by atoms with Gasteiger partial charge in [0, 0.05) is 11.8 Å². The first-order chi connectivity index (χ1) is 13.3. The van der Waals surface area contributed by atoms with Crippen LogP contribution in [0.4, 0.5) is 17.6 Å². The third-order valence-corrected chi connectivity index (χ3v) is 3.96. The number of rotatable bonds is 5. The van der Waals surface area contributed by atoms with Crippen LogP contribution >= 0.6 is 0 Å². The quantitative estimate of drug-likeness (QED) is 0.639. The maximum absolute atomic E-state index is 12.4. The highest BCUT2D eigenvalue weighted by atomic mass is 16.5. The Morgan fingerprint density at radius 2 is 1.89 bits per heavy atom. The molecule has 0 aliphatic carbocycles. The van der Waals surface area contributed by atoms with Gasteiger partial charge in [-0.05, 0) is 38.0 Å². The molecule has 0 saturated carbocycles. The van der Waals surface area contributed by atoms with Crippen LogP contribution in [0.25, 0.3) is 0 Å². The van der Waals surface area contributed by atoms with Crippen LogP contribution in [-0.4, -0.2) is 20.9 Å². The van der Waals surface area contributed by atoms with Gasteiger partial charge < -0.3 is 20.2 Å². The fourth-order valence-electron chi connectivity index (χ4n) is 2.66. The molecule has 3 rings (SSSR count). The van der Waals surface area contributed by atoms with Crippen LogP contribution in [-0.2, 0) is 11.3 Å². The van der Waals surface area contributed by atoms with E-state index in [1.165, 1.54) is 13.0 Å². The molecule has 144 valence electrons. The van der Waals surface area contributed by atoms with E-state index < -0.39 is 11.6 Å². The molecule has 0 atom stereocenters. The number of nitrogens with one attached hydrogen (secondary N) is 1. The lowest BCUT2D eigenvalue weighted by molar-refractivity contribution is 0.0456. The number of carbonyl (C=O) groups excluding carboxylic acids is 1. The topological polar surface area (TPSA) is 133 Å². The SMILES string of the molecule is Cc1ccccc1Nc1nc(N)nc(COC(=O)c2c(C)cc(=O)oc2C)n1. The van der Waals surface area contributed by atoms with E-state index in [1.807, 2.05) is 31.2 Å². The molecule has 2 aromatic heterocycles. The van der Waals surface area contributed by atoms with Crippen molar-refractivity contribution in [2.75, 3.05) is 11.1 Å². The Kier molecular flexibility index (Phi) is 5.35. The van der Waals surface area contributed by atoms with Crippen molar-refractivity contribution in [3.63, 3.8) is 0 Å². The minimum absolute atomic E-state index is 0.00444. The van der Waals surface area contributed by atoms with Gasteiger partial charge >= 0.3 is 11.6 Å². The Morgan fingerprint density at radius 3 is 2.61 bits per heavy atom. The zero-order valence-corrected chi connectivity index (χ0v) is 15.6. The summed E-state index contributed by atoms with van der Waals surface area (Å²) >= 11 is 0. The third-order valence-electron chi connectivity index (χ3n) is 3.96. The van der Waals surface area contributed by atoms with Crippen LogP contribution in [0.3, 0.4) is 0 Å². The van der Waals surface area contributed by atoms with Gasteiger partial charge in [-0.3, -0.25) is 0 Å². The highest BCUT2D eigenvalue weighted by Gasteiger charge is 2.18. The molecule has 3 aromatic rings. The number of nitrogens with two attached hydrogens (primary N) is 1. The molecule has 0 saturated heterocycles. The van der Waals surface area contributed by atoms with Crippen molar-refractivity contribution in [2.24, 2.45) is 0 Å². The fraction of sp³-hybridized carbons (Fsp3) is 0.211. The van der Waals surface area contributed by atoms with Crippen LogP contribution in [0, 0.1) is 20.8 Å². The second kappa shape index (κ2) is 7.87. The summed E-state index contributed by atoms with van der Waals surface area (Å²) in [5.74, 6) is -0.0380. The third kappa shape index (κ3) is 4.32. The Hall–Kier alpha value is -3.75. The van der Waals surface area contributed by atoms with E-state index in [4.69, 9.17) is 14.9 Å². The molecule has 0 amide bonds. The van der Waals surface area contributed by atoms with E-state index in [0.717, 1.165) is 11.3 Å². The first-order valence-electron chi connectivity index (χ1n) is 8.45. The summed E-state index contributed by atoms with van der Waals surface area (Å²) in [5, 5.41) is 3.06. The lowest BCUT2D eigenvalue weighted by Gasteiger charge is -2.10. The van der Waals surface area contributed by atoms with E-state index >= 15 is 0 Å². The molecule has 0 fully saturated rings. The summed E-state index contributed by atoms with van der Waals surface area (Å²) in [5.41, 5.74) is 7.71. The van der Waals surface area contributed by atoms with E-state index in [-0.39, 0.29) is 35.7 Å². The van der Waals surface area contributed by atoms with Crippen LogP contribution in [0.5, 0.6) is 0 Å². The van der Waals surface area contributed by atoms with Crippen molar-refractivity contribution in [2.45, 2.75) is 27.4 Å². The molecule has 9 nitrogen and oxygen atoms in total. The number of nitrogen functional groups attached to an aromatic ring is 1. The molecule has 0 aliphatic heterocycles. The standard InChI is InChI=1S/C19H19N5O4/c1-10-6-4-5-7-13(10)21-19-23-14(22-18(20)24-19)9-27-17(26)16-11(2)8-15(25)28-12(16)3/h4-8H,9H2,1-3H3,(H3,20,21,22,23,24). The number of ether oxygens (including phenoxy) is 1. The number of aryl methyl sites for hydroxylation is 3. The molecule has 2 heterocycles. The Morgan fingerprint density at radius 1 is 1.14 bits per heavy atom. The van der Waals surface area contributed by atoms with Gasteiger partial charge in [0.15, 0.2) is 12.4 Å². The first kappa shape index (κ1) is 19.0. The second-order valence-electron chi connectivity index (χ2n) is 6.13. The van der Waals surface area contributed by atoms with Gasteiger partial charge in [-0.1, -0.05) is 18.2 Å². The molecule has 0 spiro atoms. The number of nitrogens with zero attached hydrogens (tertiary/aromatic N) is 3. The predicted octanol–water partition coefficient (Wildman–Crippen LogP) is 2.43. The van der Waals surface area contributed by atoms with E-state index in [2.05, 4.69) is 20.3 Å². The molecule has 0 unspecified atom stereocenters. The summed E-state index contributed by atoms with van der Waals surface area (Å²) in [6, 6.07) is 8.85. The number of para-hydroxylation sites is 1. The maximum Gasteiger partial charge on any atom is 0.342 e. The number of benzene rings is 1. The number of carbonyl (C=O) groups is 1. The first-order valence-corrected chi connectivity index (χ1v) is 8.45. The van der Waals surface area contributed by atoms with E-state index in [9.17, 15) is 9.59 Å². The lowest BCUT2D eigenvalue weighted by Crippen LogP contribution is -2.14. The summed E-state index contributed by atoms with van der Waals surface area (Å²) < 4.78 is 10.2. The van der Waals surface area contributed by atoms with Crippen molar-refractivity contribution in [1.29, 1.82) is 0 Å². The highest BCUT2D eigenvalue weighted by molar-refractivity contribution is 5.91. The normalized spacial score (nSPS) is 10.5. The highest BCUT2D eigenvalue weighted by Crippen LogP contribution is 2.18. The summed E-state index contributed by atoms with van der Waals surface area (Å²) in [6.45, 7) is 4.88. The zero-order valence-electron chi connectivity index (χ0n) is 15.6. The molecule has 28 heavy (non-hydrogen) atoms.